The van der Waals surface area contributed by atoms with Crippen molar-refractivity contribution in [3.63, 3.8) is 0 Å². The van der Waals surface area contributed by atoms with Crippen molar-refractivity contribution in [2.45, 2.75) is 25.8 Å². The van der Waals surface area contributed by atoms with E-state index in [2.05, 4.69) is 22.3 Å². The van der Waals surface area contributed by atoms with E-state index in [-0.39, 0.29) is 11.9 Å². The second kappa shape index (κ2) is 9.46. The quantitative estimate of drug-likeness (QED) is 0.740. The van der Waals surface area contributed by atoms with Gasteiger partial charge in [-0.2, -0.15) is 0 Å². The van der Waals surface area contributed by atoms with Crippen molar-refractivity contribution in [2.75, 3.05) is 44.7 Å². The Labute approximate surface area is 161 Å². The summed E-state index contributed by atoms with van der Waals surface area (Å²) in [4.78, 5) is 15.8. The molecule has 1 aliphatic heterocycles. The predicted molar refractivity (Wildman–Crippen MR) is 105 cm³/mol. The van der Waals surface area contributed by atoms with E-state index in [4.69, 9.17) is 9.15 Å². The molecule has 2 aromatic rings. The molecule has 6 heteroatoms. The molecule has 1 atom stereocenters. The van der Waals surface area contributed by atoms with Gasteiger partial charge < -0.3 is 24.3 Å². The van der Waals surface area contributed by atoms with Crippen LogP contribution < -0.4 is 19.9 Å². The highest BCUT2D eigenvalue weighted by molar-refractivity contribution is 5.75. The summed E-state index contributed by atoms with van der Waals surface area (Å²) in [7, 11) is 1.69. The number of rotatable bonds is 8. The number of piperazine rings is 1. The maximum Gasteiger partial charge on any atom is 0.220 e. The summed E-state index contributed by atoms with van der Waals surface area (Å²) in [6.07, 6.45) is 3.15. The summed E-state index contributed by atoms with van der Waals surface area (Å²) in [6, 6.07) is 12.3. The van der Waals surface area contributed by atoms with Crippen LogP contribution in [0.25, 0.3) is 0 Å². The number of benzene rings is 1. The molecule has 27 heavy (non-hydrogen) atoms. The fraction of sp³-hybridized carbons (Fsp3) is 0.476. The third kappa shape index (κ3) is 5.04. The SMILES string of the molecule is CCCC(=O)NC[C@H](c1ccco1)[NH+]1CCN(c2ccc(OC)cc2)CC1. The second-order valence-corrected chi connectivity index (χ2v) is 6.97. The fourth-order valence-corrected chi connectivity index (χ4v) is 3.66. The lowest BCUT2D eigenvalue weighted by molar-refractivity contribution is -0.932. The van der Waals surface area contributed by atoms with Gasteiger partial charge in [0.15, 0.2) is 11.8 Å². The third-order valence-corrected chi connectivity index (χ3v) is 5.20. The Morgan fingerprint density at radius 2 is 2.00 bits per heavy atom. The Bertz CT molecular complexity index is 692. The van der Waals surface area contributed by atoms with Crippen LogP contribution in [0.3, 0.4) is 0 Å². The lowest BCUT2D eigenvalue weighted by atomic mass is 10.1. The molecule has 1 saturated heterocycles. The minimum absolute atomic E-state index is 0.116. The average molecular weight is 372 g/mol. The maximum absolute atomic E-state index is 11.9. The summed E-state index contributed by atoms with van der Waals surface area (Å²) >= 11 is 0. The van der Waals surface area contributed by atoms with Crippen molar-refractivity contribution in [1.82, 2.24) is 5.32 Å². The van der Waals surface area contributed by atoms with Gasteiger partial charge in [-0.25, -0.2) is 0 Å². The number of nitrogens with zero attached hydrogens (tertiary/aromatic N) is 1. The summed E-state index contributed by atoms with van der Waals surface area (Å²) in [6.45, 7) is 6.59. The van der Waals surface area contributed by atoms with E-state index < -0.39 is 0 Å². The summed E-state index contributed by atoms with van der Waals surface area (Å²) in [5.41, 5.74) is 1.22. The van der Waals surface area contributed by atoms with Gasteiger partial charge in [0.25, 0.3) is 0 Å². The Hall–Kier alpha value is -2.47. The topological polar surface area (TPSA) is 59.2 Å². The minimum atomic E-state index is 0.116. The van der Waals surface area contributed by atoms with Crippen LogP contribution in [0.5, 0.6) is 5.75 Å². The molecule has 1 fully saturated rings. The van der Waals surface area contributed by atoms with Gasteiger partial charge in [-0.05, 0) is 42.8 Å². The molecule has 1 aromatic carbocycles. The molecule has 3 rings (SSSR count). The van der Waals surface area contributed by atoms with E-state index in [1.54, 1.807) is 13.4 Å². The molecular weight excluding hydrogens is 342 g/mol. The predicted octanol–water partition coefficient (Wildman–Crippen LogP) is 1.65. The molecule has 2 N–H and O–H groups in total. The third-order valence-electron chi connectivity index (χ3n) is 5.20. The standard InChI is InChI=1S/C21H29N3O3/c1-3-5-21(25)22-16-19(20-6-4-15-27-20)24-13-11-23(12-14-24)17-7-9-18(26-2)10-8-17/h4,6-10,15,19H,3,5,11-14,16H2,1-2H3,(H,22,25)/p+1/t19-/m1/s1. The largest absolute Gasteiger partial charge is 0.497 e. The number of furan rings is 1. The van der Waals surface area contributed by atoms with E-state index in [0.29, 0.717) is 13.0 Å². The van der Waals surface area contributed by atoms with Gasteiger partial charge in [-0.1, -0.05) is 6.92 Å². The van der Waals surface area contributed by atoms with Gasteiger partial charge in [0.1, 0.15) is 5.75 Å². The van der Waals surface area contributed by atoms with Crippen LogP contribution in [-0.2, 0) is 4.79 Å². The maximum atomic E-state index is 11.9. The molecule has 2 heterocycles. The number of hydrogen-bond donors (Lipinski definition) is 2. The van der Waals surface area contributed by atoms with Gasteiger partial charge >= 0.3 is 0 Å². The number of amides is 1. The Kier molecular flexibility index (Phi) is 6.76. The van der Waals surface area contributed by atoms with Gasteiger partial charge in [0, 0.05) is 12.1 Å². The number of methoxy groups -OCH3 is 1. The number of hydrogen-bond acceptors (Lipinski definition) is 4. The van der Waals surface area contributed by atoms with E-state index in [9.17, 15) is 4.79 Å². The first-order chi connectivity index (χ1) is 13.2. The monoisotopic (exact) mass is 372 g/mol. The summed E-state index contributed by atoms with van der Waals surface area (Å²) in [5.74, 6) is 1.94. The number of ether oxygens (including phenoxy) is 1. The number of nitrogens with one attached hydrogen (secondary N) is 2. The van der Waals surface area contributed by atoms with Gasteiger partial charge in [0.2, 0.25) is 5.91 Å². The fourth-order valence-electron chi connectivity index (χ4n) is 3.66. The van der Waals surface area contributed by atoms with Gasteiger partial charge in [-0.3, -0.25) is 4.79 Å². The van der Waals surface area contributed by atoms with E-state index in [1.807, 2.05) is 31.2 Å². The zero-order valence-corrected chi connectivity index (χ0v) is 16.2. The number of carbonyl (C=O) groups is 1. The van der Waals surface area contributed by atoms with E-state index in [1.165, 1.54) is 10.6 Å². The molecule has 1 aliphatic rings. The highest BCUT2D eigenvalue weighted by atomic mass is 16.5. The Morgan fingerprint density at radius 3 is 2.59 bits per heavy atom. The highest BCUT2D eigenvalue weighted by Crippen LogP contribution is 2.19. The lowest BCUT2D eigenvalue weighted by Crippen LogP contribution is -3.15. The molecule has 0 unspecified atom stereocenters. The normalized spacial score (nSPS) is 16.1. The van der Waals surface area contributed by atoms with Gasteiger partial charge in [0.05, 0.1) is 46.1 Å². The van der Waals surface area contributed by atoms with Crippen molar-refractivity contribution in [1.29, 1.82) is 0 Å². The molecule has 1 aromatic heterocycles. The van der Waals surface area contributed by atoms with Crippen LogP contribution in [0, 0.1) is 0 Å². The van der Waals surface area contributed by atoms with Crippen molar-refractivity contribution < 1.29 is 18.8 Å². The van der Waals surface area contributed by atoms with Crippen molar-refractivity contribution >= 4 is 11.6 Å². The van der Waals surface area contributed by atoms with Crippen LogP contribution in [0.4, 0.5) is 5.69 Å². The molecule has 0 saturated carbocycles. The molecule has 0 aliphatic carbocycles. The molecule has 0 radical (unpaired) electrons. The highest BCUT2D eigenvalue weighted by Gasteiger charge is 2.30. The summed E-state index contributed by atoms with van der Waals surface area (Å²) in [5, 5.41) is 3.08. The lowest BCUT2D eigenvalue weighted by Gasteiger charge is -2.37. The first kappa shape index (κ1) is 19.3. The Balaban J connectivity index is 1.60. The zero-order valence-electron chi connectivity index (χ0n) is 16.2. The molecule has 146 valence electrons. The second-order valence-electron chi connectivity index (χ2n) is 6.97. The van der Waals surface area contributed by atoms with Gasteiger partial charge in [-0.15, -0.1) is 0 Å². The van der Waals surface area contributed by atoms with E-state index >= 15 is 0 Å². The molecular formula is C21H30N3O3+. The number of carbonyl (C=O) groups excluding carboxylic acids is 1. The number of quaternary nitrogens is 1. The van der Waals surface area contributed by atoms with Crippen LogP contribution in [-0.4, -0.2) is 45.7 Å². The molecule has 1 amide bonds. The molecule has 0 bridgehead atoms. The van der Waals surface area contributed by atoms with E-state index in [0.717, 1.165) is 44.1 Å². The van der Waals surface area contributed by atoms with Crippen LogP contribution in [0.1, 0.15) is 31.6 Å². The first-order valence-electron chi connectivity index (χ1n) is 9.75. The number of anilines is 1. The Morgan fingerprint density at radius 1 is 1.26 bits per heavy atom. The van der Waals surface area contributed by atoms with Crippen LogP contribution >= 0.6 is 0 Å². The first-order valence-corrected chi connectivity index (χ1v) is 9.75. The smallest absolute Gasteiger partial charge is 0.220 e. The molecule has 0 spiro atoms. The summed E-state index contributed by atoms with van der Waals surface area (Å²) < 4.78 is 10.9. The average Bonchev–Trinajstić information content (AvgIpc) is 3.23. The molecule has 6 nitrogen and oxygen atoms in total. The van der Waals surface area contributed by atoms with Crippen molar-refractivity contribution in [3.8, 4) is 5.75 Å². The van der Waals surface area contributed by atoms with Crippen LogP contribution in [0.2, 0.25) is 0 Å². The minimum Gasteiger partial charge on any atom is -0.497 e. The van der Waals surface area contributed by atoms with Crippen LogP contribution in [0.15, 0.2) is 47.1 Å². The van der Waals surface area contributed by atoms with Crippen molar-refractivity contribution in [2.24, 2.45) is 0 Å². The zero-order chi connectivity index (χ0) is 19.1. The van der Waals surface area contributed by atoms with Crippen molar-refractivity contribution in [3.05, 3.63) is 48.4 Å².